The number of hydrogen-bond acceptors (Lipinski definition) is 2. The van der Waals surface area contributed by atoms with Gasteiger partial charge < -0.3 is 9.47 Å². The van der Waals surface area contributed by atoms with Crippen LogP contribution in [-0.2, 0) is 11.2 Å². The van der Waals surface area contributed by atoms with Crippen LogP contribution in [0.4, 0.5) is 0 Å². The zero-order valence-electron chi connectivity index (χ0n) is 13.1. The van der Waals surface area contributed by atoms with E-state index in [0.717, 1.165) is 25.4 Å². The largest absolute Gasteiger partial charge is 0.496 e. The maximum atomic E-state index is 5.54. The molecule has 0 aliphatic carbocycles. The van der Waals surface area contributed by atoms with Crippen molar-refractivity contribution in [3.05, 3.63) is 29.3 Å². The fourth-order valence-electron chi connectivity index (χ4n) is 2.31. The van der Waals surface area contributed by atoms with E-state index in [1.807, 2.05) is 6.92 Å². The van der Waals surface area contributed by atoms with Crippen LogP contribution in [0.1, 0.15) is 44.7 Å². The van der Waals surface area contributed by atoms with E-state index in [9.17, 15) is 0 Å². The third kappa shape index (κ3) is 5.65. The highest BCUT2D eigenvalue weighted by atomic mass is 16.5. The highest BCUT2D eigenvalue weighted by molar-refractivity contribution is 5.36. The maximum absolute atomic E-state index is 5.54. The lowest BCUT2D eigenvalue weighted by Crippen LogP contribution is -2.19. The van der Waals surface area contributed by atoms with Crippen LogP contribution in [0.3, 0.4) is 0 Å². The fourth-order valence-corrected chi connectivity index (χ4v) is 2.31. The Kier molecular flexibility index (Phi) is 6.36. The van der Waals surface area contributed by atoms with Gasteiger partial charge in [0.05, 0.1) is 13.7 Å². The van der Waals surface area contributed by atoms with E-state index < -0.39 is 0 Å². The molecule has 0 spiro atoms. The van der Waals surface area contributed by atoms with Crippen LogP contribution in [0.15, 0.2) is 18.2 Å². The molecule has 0 aliphatic heterocycles. The molecule has 0 unspecified atom stereocenters. The van der Waals surface area contributed by atoms with Crippen LogP contribution in [-0.4, -0.2) is 20.3 Å². The van der Waals surface area contributed by atoms with E-state index in [-0.39, 0.29) is 5.41 Å². The number of ether oxygens (including phenoxy) is 2. The average Bonchev–Trinajstić information content (AvgIpc) is 2.36. The van der Waals surface area contributed by atoms with Gasteiger partial charge in [0, 0.05) is 6.61 Å². The molecule has 108 valence electrons. The molecule has 2 nitrogen and oxygen atoms in total. The molecular formula is C17H28O2. The molecule has 0 saturated heterocycles. The smallest absolute Gasteiger partial charge is 0.122 e. The Balaban J connectivity index is 2.50. The highest BCUT2D eigenvalue weighted by Crippen LogP contribution is 2.26. The molecule has 19 heavy (non-hydrogen) atoms. The fraction of sp³-hybridized carbons (Fsp3) is 0.647. The summed E-state index contributed by atoms with van der Waals surface area (Å²) in [4.78, 5) is 0. The predicted octanol–water partition coefficient (Wildman–Crippen LogP) is 4.39. The number of hydrogen-bond donors (Lipinski definition) is 0. The summed E-state index contributed by atoms with van der Waals surface area (Å²) in [6, 6.07) is 6.39. The van der Waals surface area contributed by atoms with Crippen molar-refractivity contribution in [1.29, 1.82) is 0 Å². The van der Waals surface area contributed by atoms with Gasteiger partial charge in [-0.15, -0.1) is 0 Å². The van der Waals surface area contributed by atoms with Crippen molar-refractivity contribution in [3.63, 3.8) is 0 Å². The molecule has 1 aromatic rings. The summed E-state index contributed by atoms with van der Waals surface area (Å²) < 4.78 is 11.0. The van der Waals surface area contributed by atoms with Crippen molar-refractivity contribution in [1.82, 2.24) is 0 Å². The molecule has 0 aliphatic rings. The summed E-state index contributed by atoms with van der Waals surface area (Å²) in [5.74, 6) is 1.01. The summed E-state index contributed by atoms with van der Waals surface area (Å²) in [5, 5.41) is 0. The normalized spacial score (nSPS) is 11.6. The van der Waals surface area contributed by atoms with Gasteiger partial charge in [-0.1, -0.05) is 31.5 Å². The van der Waals surface area contributed by atoms with E-state index in [0.29, 0.717) is 0 Å². The van der Waals surface area contributed by atoms with Crippen LogP contribution in [0.2, 0.25) is 0 Å². The van der Waals surface area contributed by atoms with Crippen molar-refractivity contribution in [3.8, 4) is 5.75 Å². The van der Waals surface area contributed by atoms with Gasteiger partial charge >= 0.3 is 0 Å². The van der Waals surface area contributed by atoms with Crippen molar-refractivity contribution in [2.75, 3.05) is 20.3 Å². The monoisotopic (exact) mass is 264 g/mol. The first-order chi connectivity index (χ1) is 8.98. The molecule has 0 saturated carbocycles. The number of rotatable bonds is 8. The van der Waals surface area contributed by atoms with Gasteiger partial charge in [-0.3, -0.25) is 0 Å². The first-order valence-corrected chi connectivity index (χ1v) is 7.20. The maximum Gasteiger partial charge on any atom is 0.122 e. The van der Waals surface area contributed by atoms with Gasteiger partial charge in [0.2, 0.25) is 0 Å². The standard InChI is InChI=1S/C17H28O2/c1-6-19-13-17(3,4)11-7-8-15-12-14(2)9-10-16(15)18-5/h9-10,12H,6-8,11,13H2,1-5H3. The minimum Gasteiger partial charge on any atom is -0.496 e. The zero-order valence-corrected chi connectivity index (χ0v) is 13.1. The molecule has 0 N–H and O–H groups in total. The Hall–Kier alpha value is -1.02. The van der Waals surface area contributed by atoms with Crippen molar-refractivity contribution >= 4 is 0 Å². The SMILES string of the molecule is CCOCC(C)(C)CCCc1cc(C)ccc1OC. The minimum atomic E-state index is 0.257. The quantitative estimate of drug-likeness (QED) is 0.693. The summed E-state index contributed by atoms with van der Waals surface area (Å²) in [6.45, 7) is 10.4. The van der Waals surface area contributed by atoms with E-state index >= 15 is 0 Å². The van der Waals surface area contributed by atoms with E-state index in [2.05, 4.69) is 39.0 Å². The van der Waals surface area contributed by atoms with Gasteiger partial charge in [-0.25, -0.2) is 0 Å². The summed E-state index contributed by atoms with van der Waals surface area (Å²) in [7, 11) is 1.74. The Morgan fingerprint density at radius 2 is 1.95 bits per heavy atom. The Morgan fingerprint density at radius 1 is 1.21 bits per heavy atom. The lowest BCUT2D eigenvalue weighted by molar-refractivity contribution is 0.0650. The van der Waals surface area contributed by atoms with Gasteiger partial charge in [-0.05, 0) is 50.2 Å². The third-order valence-electron chi connectivity index (χ3n) is 3.43. The molecule has 0 fully saturated rings. The zero-order chi connectivity index (χ0) is 14.3. The summed E-state index contributed by atoms with van der Waals surface area (Å²) in [6.07, 6.45) is 3.41. The molecule has 0 radical (unpaired) electrons. The summed E-state index contributed by atoms with van der Waals surface area (Å²) >= 11 is 0. The second-order valence-electron chi connectivity index (χ2n) is 5.97. The topological polar surface area (TPSA) is 18.5 Å². The first-order valence-electron chi connectivity index (χ1n) is 7.20. The number of methoxy groups -OCH3 is 1. The second kappa shape index (κ2) is 7.54. The van der Waals surface area contributed by atoms with Gasteiger partial charge in [-0.2, -0.15) is 0 Å². The molecule has 2 heteroatoms. The van der Waals surface area contributed by atoms with Crippen LogP contribution < -0.4 is 4.74 Å². The van der Waals surface area contributed by atoms with E-state index in [1.165, 1.54) is 24.0 Å². The molecule has 1 rings (SSSR count). The van der Waals surface area contributed by atoms with E-state index in [4.69, 9.17) is 9.47 Å². The van der Waals surface area contributed by atoms with Crippen LogP contribution in [0.25, 0.3) is 0 Å². The van der Waals surface area contributed by atoms with Crippen molar-refractivity contribution < 1.29 is 9.47 Å². The molecule has 0 amide bonds. The lowest BCUT2D eigenvalue weighted by Gasteiger charge is -2.24. The minimum absolute atomic E-state index is 0.257. The number of aryl methyl sites for hydroxylation is 2. The van der Waals surface area contributed by atoms with Gasteiger partial charge in [0.15, 0.2) is 0 Å². The molecule has 1 aromatic carbocycles. The average molecular weight is 264 g/mol. The highest BCUT2D eigenvalue weighted by Gasteiger charge is 2.17. The van der Waals surface area contributed by atoms with Crippen molar-refractivity contribution in [2.24, 2.45) is 5.41 Å². The van der Waals surface area contributed by atoms with Gasteiger partial charge in [0.25, 0.3) is 0 Å². The van der Waals surface area contributed by atoms with Gasteiger partial charge in [0.1, 0.15) is 5.75 Å². The molecule has 0 atom stereocenters. The Morgan fingerprint density at radius 3 is 2.58 bits per heavy atom. The van der Waals surface area contributed by atoms with Crippen LogP contribution in [0.5, 0.6) is 5.75 Å². The first kappa shape index (κ1) is 16.0. The molecule has 0 heterocycles. The Labute approximate surface area is 118 Å². The van der Waals surface area contributed by atoms with Crippen molar-refractivity contribution in [2.45, 2.75) is 47.0 Å². The third-order valence-corrected chi connectivity index (χ3v) is 3.43. The van der Waals surface area contributed by atoms with E-state index in [1.54, 1.807) is 7.11 Å². The molecule has 0 bridgehead atoms. The Bertz CT molecular complexity index is 383. The predicted molar refractivity (Wildman–Crippen MR) is 80.9 cm³/mol. The molecular weight excluding hydrogens is 236 g/mol. The lowest BCUT2D eigenvalue weighted by atomic mass is 9.87. The van der Waals surface area contributed by atoms with Crippen LogP contribution >= 0.6 is 0 Å². The summed E-state index contributed by atoms with van der Waals surface area (Å²) in [5.41, 5.74) is 2.87. The second-order valence-corrected chi connectivity index (χ2v) is 5.97. The van der Waals surface area contributed by atoms with Crippen LogP contribution in [0, 0.1) is 12.3 Å². The number of benzene rings is 1. The molecule has 0 aromatic heterocycles.